The third kappa shape index (κ3) is 4.38. The lowest BCUT2D eigenvalue weighted by molar-refractivity contribution is -0.319. The highest BCUT2D eigenvalue weighted by Gasteiger charge is 2.50. The van der Waals surface area contributed by atoms with Crippen LogP contribution in [0.2, 0.25) is 0 Å². The van der Waals surface area contributed by atoms with Crippen LogP contribution >= 0.6 is 0 Å². The zero-order valence-electron chi connectivity index (χ0n) is 16.1. The second-order valence-corrected chi connectivity index (χ2v) is 7.74. The van der Waals surface area contributed by atoms with E-state index in [9.17, 15) is 41.0 Å². The molecule has 0 aromatic carbocycles. The molecule has 3 aliphatic rings. The molecule has 30 heavy (non-hydrogen) atoms. The van der Waals surface area contributed by atoms with Crippen molar-refractivity contribution in [2.24, 2.45) is 0 Å². The molecule has 12 nitrogen and oxygen atoms in total. The van der Waals surface area contributed by atoms with Crippen molar-refractivity contribution in [1.82, 2.24) is 0 Å². The molecular weight excluding hydrogens is 406 g/mol. The maximum atomic E-state index is 10.1. The van der Waals surface area contributed by atoms with Crippen LogP contribution in [0.3, 0.4) is 0 Å². The summed E-state index contributed by atoms with van der Waals surface area (Å²) in [5, 5.41) is 78.5. The Morgan fingerprint density at radius 2 is 1.60 bits per heavy atom. The number of hydrogen-bond acceptors (Lipinski definition) is 12. The molecule has 3 rings (SSSR count). The van der Waals surface area contributed by atoms with E-state index in [1.165, 1.54) is 19.1 Å². The molecule has 0 radical (unpaired) electrons. The first-order valence-electron chi connectivity index (χ1n) is 9.56. The van der Waals surface area contributed by atoms with Gasteiger partial charge < -0.3 is 54.7 Å². The third-order valence-electron chi connectivity index (χ3n) is 5.57. The van der Waals surface area contributed by atoms with Crippen molar-refractivity contribution in [3.8, 4) is 6.07 Å². The van der Waals surface area contributed by atoms with Gasteiger partial charge in [0.2, 0.25) is 0 Å². The normalized spacial score (nSPS) is 51.6. The molecule has 12 atom stereocenters. The van der Waals surface area contributed by atoms with Crippen molar-refractivity contribution in [3.63, 3.8) is 0 Å². The molecule has 2 saturated heterocycles. The van der Waals surface area contributed by atoms with Crippen molar-refractivity contribution < 1.29 is 54.7 Å². The van der Waals surface area contributed by atoms with E-state index in [-0.39, 0.29) is 6.42 Å². The monoisotopic (exact) mass is 433 g/mol. The van der Waals surface area contributed by atoms with Gasteiger partial charge in [-0.15, -0.1) is 0 Å². The van der Waals surface area contributed by atoms with Crippen LogP contribution < -0.4 is 0 Å². The van der Waals surface area contributed by atoms with E-state index in [1.54, 1.807) is 0 Å². The summed E-state index contributed by atoms with van der Waals surface area (Å²) >= 11 is 0. The Morgan fingerprint density at radius 1 is 0.967 bits per heavy atom. The minimum absolute atomic E-state index is 0.0991. The van der Waals surface area contributed by atoms with Crippen molar-refractivity contribution in [2.75, 3.05) is 6.61 Å². The molecule has 0 aromatic rings. The molecule has 0 bridgehead atoms. The lowest BCUT2D eigenvalue weighted by Crippen LogP contribution is -2.60. The average Bonchev–Trinajstić information content (AvgIpc) is 3.14. The summed E-state index contributed by atoms with van der Waals surface area (Å²) in [5.74, 6) is 0. The highest BCUT2D eigenvalue weighted by atomic mass is 16.7. The minimum atomic E-state index is -1.68. The predicted molar refractivity (Wildman–Crippen MR) is 94.2 cm³/mol. The van der Waals surface area contributed by atoms with E-state index in [0.717, 1.165) is 0 Å². The van der Waals surface area contributed by atoms with Crippen LogP contribution in [0.15, 0.2) is 12.2 Å². The van der Waals surface area contributed by atoms with Crippen molar-refractivity contribution >= 4 is 0 Å². The quantitative estimate of drug-likeness (QED) is 0.209. The highest BCUT2D eigenvalue weighted by Crippen LogP contribution is 2.35. The number of ether oxygens (including phenoxy) is 4. The Kier molecular flexibility index (Phi) is 7.12. The Bertz CT molecular complexity index is 669. The van der Waals surface area contributed by atoms with Gasteiger partial charge in [-0.1, -0.05) is 6.08 Å². The van der Waals surface area contributed by atoms with E-state index in [0.29, 0.717) is 0 Å². The molecule has 12 heteroatoms. The fraction of sp³-hybridized carbons (Fsp3) is 0.833. The maximum Gasteiger partial charge on any atom is 0.189 e. The summed E-state index contributed by atoms with van der Waals surface area (Å²) in [7, 11) is 0. The first kappa shape index (κ1) is 23.5. The summed E-state index contributed by atoms with van der Waals surface area (Å²) in [6, 6.07) is 1.93. The smallest absolute Gasteiger partial charge is 0.189 e. The van der Waals surface area contributed by atoms with Crippen LogP contribution in [0.25, 0.3) is 0 Å². The van der Waals surface area contributed by atoms with Crippen molar-refractivity contribution in [2.45, 2.75) is 86.5 Å². The Morgan fingerprint density at radius 3 is 2.23 bits per heavy atom. The summed E-state index contributed by atoms with van der Waals surface area (Å²) in [4.78, 5) is 0. The summed E-state index contributed by atoms with van der Waals surface area (Å²) in [5.41, 5.74) is -1.64. The predicted octanol–water partition coefficient (Wildman–Crippen LogP) is -3.76. The van der Waals surface area contributed by atoms with E-state index < -0.39 is 79.7 Å². The molecule has 2 heterocycles. The van der Waals surface area contributed by atoms with E-state index >= 15 is 0 Å². The number of nitriles is 1. The number of rotatable bonds is 5. The number of aliphatic hydroxyl groups is 7. The largest absolute Gasteiger partial charge is 0.394 e. The van der Waals surface area contributed by atoms with Crippen LogP contribution in [-0.2, 0) is 18.9 Å². The standard InChI is InChI=1S/C18H27NO11/c1-7-10(21)12(23)14(25)16(27-7)28-8-2-3-18(4-8,6-19)30-17-15(26)13(24)11(22)9(5-20)29-17/h2-3,7-17,20-26H,4-5H2,1H3/t7-,8+,9-,10-,11-,12+,13+,14-,15-,16+,17+,18-/m1/s1. The topological polar surface area (TPSA) is 202 Å². The number of hydrogen-bond donors (Lipinski definition) is 7. The van der Waals surface area contributed by atoms with Crippen LogP contribution in [0, 0.1) is 11.3 Å². The molecule has 2 aliphatic heterocycles. The SMILES string of the molecule is C[C@H]1O[C@@H](O[C@H]2C=C[C@@](C#N)(O[C@@H]3O[C@H](CO)[C@@H](O)[C@H](O)[C@H]3O)C2)[C@H](O)[C@@H](O)[C@@H]1O. The molecule has 7 N–H and O–H groups in total. The van der Waals surface area contributed by atoms with Crippen LogP contribution in [0.1, 0.15) is 13.3 Å². The lowest BCUT2D eigenvalue weighted by atomic mass is 9.98. The zero-order chi connectivity index (χ0) is 22.2. The van der Waals surface area contributed by atoms with Crippen LogP contribution in [-0.4, -0.2) is 115 Å². The van der Waals surface area contributed by atoms with Gasteiger partial charge in [-0.05, 0) is 13.0 Å². The van der Waals surface area contributed by atoms with Gasteiger partial charge in [-0.2, -0.15) is 5.26 Å². The van der Waals surface area contributed by atoms with Gasteiger partial charge >= 0.3 is 0 Å². The van der Waals surface area contributed by atoms with Gasteiger partial charge in [0.15, 0.2) is 18.2 Å². The first-order chi connectivity index (χ1) is 14.1. The lowest BCUT2D eigenvalue weighted by Gasteiger charge is -2.42. The van der Waals surface area contributed by atoms with Gasteiger partial charge in [0.05, 0.1) is 18.8 Å². The van der Waals surface area contributed by atoms with E-state index in [1.807, 2.05) is 6.07 Å². The number of nitrogens with zero attached hydrogens (tertiary/aromatic N) is 1. The van der Waals surface area contributed by atoms with Gasteiger partial charge in [0.1, 0.15) is 48.8 Å². The molecule has 1 aliphatic carbocycles. The molecule has 2 fully saturated rings. The molecule has 0 spiro atoms. The molecule has 0 saturated carbocycles. The van der Waals surface area contributed by atoms with Gasteiger partial charge in [0, 0.05) is 6.42 Å². The van der Waals surface area contributed by atoms with Gasteiger partial charge in [-0.3, -0.25) is 0 Å². The molecule has 0 aromatic heterocycles. The fourth-order valence-electron chi connectivity index (χ4n) is 3.66. The fourth-order valence-corrected chi connectivity index (χ4v) is 3.66. The minimum Gasteiger partial charge on any atom is -0.394 e. The first-order valence-corrected chi connectivity index (χ1v) is 9.56. The van der Waals surface area contributed by atoms with E-state index in [4.69, 9.17) is 18.9 Å². The van der Waals surface area contributed by atoms with Crippen LogP contribution in [0.4, 0.5) is 0 Å². The Hall–Kier alpha value is -1.21. The molecule has 170 valence electrons. The second-order valence-electron chi connectivity index (χ2n) is 7.74. The Balaban J connectivity index is 1.65. The average molecular weight is 433 g/mol. The van der Waals surface area contributed by atoms with Crippen LogP contribution in [0.5, 0.6) is 0 Å². The highest BCUT2D eigenvalue weighted by molar-refractivity contribution is 5.25. The molecular formula is C18H27NO11. The summed E-state index contributed by atoms with van der Waals surface area (Å²) in [6.07, 6.45) is -12.0. The summed E-state index contributed by atoms with van der Waals surface area (Å²) < 4.78 is 21.8. The second kappa shape index (κ2) is 9.11. The molecule has 0 amide bonds. The van der Waals surface area contributed by atoms with Gasteiger partial charge in [-0.25, -0.2) is 0 Å². The Labute approximate surface area is 172 Å². The third-order valence-corrected chi connectivity index (χ3v) is 5.57. The zero-order valence-corrected chi connectivity index (χ0v) is 16.1. The maximum absolute atomic E-state index is 10.1. The van der Waals surface area contributed by atoms with Gasteiger partial charge in [0.25, 0.3) is 0 Å². The molecule has 0 unspecified atom stereocenters. The number of aliphatic hydroxyl groups excluding tert-OH is 7. The van der Waals surface area contributed by atoms with E-state index in [2.05, 4.69) is 0 Å². The summed E-state index contributed by atoms with van der Waals surface area (Å²) in [6.45, 7) is 0.859. The van der Waals surface area contributed by atoms with Crippen molar-refractivity contribution in [3.05, 3.63) is 12.2 Å². The van der Waals surface area contributed by atoms with Crippen molar-refractivity contribution in [1.29, 1.82) is 5.26 Å².